The first-order valence-electron chi connectivity index (χ1n) is 2.15. The second-order valence-corrected chi connectivity index (χ2v) is 1.17. The second kappa shape index (κ2) is 2.26. The zero-order valence-corrected chi connectivity index (χ0v) is 4.46. The fourth-order valence-corrected chi connectivity index (χ4v) is 0.357. The number of ether oxygens (including phenoxy) is 1. The summed E-state index contributed by atoms with van der Waals surface area (Å²) in [6.07, 6.45) is 3.01. The van der Waals surface area contributed by atoms with Crippen LogP contribution in [0.2, 0.25) is 0 Å². The summed E-state index contributed by atoms with van der Waals surface area (Å²) >= 11 is 0. The molecule has 1 radical (unpaired) electrons. The zero-order valence-electron chi connectivity index (χ0n) is 4.46. The minimum Gasteiger partial charge on any atom is -0.467 e. The summed E-state index contributed by atoms with van der Waals surface area (Å²) in [7, 11) is 1.52. The van der Waals surface area contributed by atoms with Gasteiger partial charge in [0.05, 0.1) is 7.11 Å². The average molecular weight is 109 g/mol. The van der Waals surface area contributed by atoms with Gasteiger partial charge in [-0.3, -0.25) is 0 Å². The molecule has 8 heavy (non-hydrogen) atoms. The minimum absolute atomic E-state index is 0.378. The molecule has 41 valence electrons. The van der Waals surface area contributed by atoms with E-state index in [4.69, 9.17) is 0 Å². The Hall–Kier alpha value is -1.12. The third-order valence-electron chi connectivity index (χ3n) is 0.682. The first-order chi connectivity index (χ1) is 3.93. The molecule has 0 aliphatic heterocycles. The SMILES string of the molecule is COc1nc[c]cn1. The van der Waals surface area contributed by atoms with E-state index in [1.165, 1.54) is 19.5 Å². The molecule has 0 fully saturated rings. The Kier molecular flexibility index (Phi) is 1.42. The molecule has 1 aromatic heterocycles. The van der Waals surface area contributed by atoms with Crippen molar-refractivity contribution in [3.63, 3.8) is 0 Å². The molecule has 0 aliphatic carbocycles. The van der Waals surface area contributed by atoms with Crippen LogP contribution in [0.25, 0.3) is 0 Å². The van der Waals surface area contributed by atoms with Gasteiger partial charge in [-0.05, 0) is 0 Å². The maximum absolute atomic E-state index is 4.67. The maximum Gasteiger partial charge on any atom is 0.316 e. The van der Waals surface area contributed by atoms with Gasteiger partial charge in [0.25, 0.3) is 0 Å². The number of hydrogen-bond donors (Lipinski definition) is 0. The van der Waals surface area contributed by atoms with Crippen LogP contribution in [0.5, 0.6) is 6.01 Å². The Morgan fingerprint density at radius 1 is 1.50 bits per heavy atom. The molecule has 1 aromatic rings. The monoisotopic (exact) mass is 109 g/mol. The first kappa shape index (κ1) is 5.03. The molecule has 0 N–H and O–H groups in total. The highest BCUT2D eigenvalue weighted by molar-refractivity contribution is 4.90. The van der Waals surface area contributed by atoms with E-state index in [1.54, 1.807) is 0 Å². The van der Waals surface area contributed by atoms with E-state index in [0.29, 0.717) is 6.01 Å². The molecule has 0 spiro atoms. The molecule has 3 nitrogen and oxygen atoms in total. The van der Waals surface area contributed by atoms with Crippen molar-refractivity contribution in [3.8, 4) is 6.01 Å². The van der Waals surface area contributed by atoms with Gasteiger partial charge in [0, 0.05) is 18.5 Å². The topological polar surface area (TPSA) is 35.0 Å². The van der Waals surface area contributed by atoms with E-state index in [9.17, 15) is 0 Å². The molecule has 0 atom stereocenters. The molecule has 0 bridgehead atoms. The van der Waals surface area contributed by atoms with Crippen LogP contribution in [-0.2, 0) is 0 Å². The summed E-state index contributed by atoms with van der Waals surface area (Å²) in [4.78, 5) is 7.42. The first-order valence-corrected chi connectivity index (χ1v) is 2.15. The molecular formula is C5H5N2O. The Morgan fingerprint density at radius 2 is 2.12 bits per heavy atom. The van der Waals surface area contributed by atoms with Crippen LogP contribution in [0, 0.1) is 6.07 Å². The average Bonchev–Trinajstić information content (AvgIpc) is 1.90. The van der Waals surface area contributed by atoms with E-state index in [0.717, 1.165) is 0 Å². The van der Waals surface area contributed by atoms with Crippen molar-refractivity contribution in [3.05, 3.63) is 18.5 Å². The molecule has 1 rings (SSSR count). The van der Waals surface area contributed by atoms with E-state index < -0.39 is 0 Å². The van der Waals surface area contributed by atoms with Crippen LogP contribution < -0.4 is 4.74 Å². The lowest BCUT2D eigenvalue weighted by Crippen LogP contribution is -1.88. The van der Waals surface area contributed by atoms with Crippen LogP contribution in [0.15, 0.2) is 12.4 Å². The zero-order chi connectivity index (χ0) is 5.82. The number of aromatic nitrogens is 2. The molecule has 0 saturated carbocycles. The highest BCUT2D eigenvalue weighted by atomic mass is 16.5. The van der Waals surface area contributed by atoms with Crippen molar-refractivity contribution < 1.29 is 4.74 Å². The van der Waals surface area contributed by atoms with Crippen molar-refractivity contribution >= 4 is 0 Å². The standard InChI is InChI=1S/C5H5N2O/c1-8-5-6-3-2-4-7-5/h3-4H,1H3. The summed E-state index contributed by atoms with van der Waals surface area (Å²) in [5, 5.41) is 0. The van der Waals surface area contributed by atoms with Crippen molar-refractivity contribution in [1.82, 2.24) is 9.97 Å². The smallest absolute Gasteiger partial charge is 0.316 e. The predicted octanol–water partition coefficient (Wildman–Crippen LogP) is 0.285. The van der Waals surface area contributed by atoms with Gasteiger partial charge >= 0.3 is 6.01 Å². The van der Waals surface area contributed by atoms with Crippen LogP contribution in [0.1, 0.15) is 0 Å². The predicted molar refractivity (Wildman–Crippen MR) is 27.4 cm³/mol. The molecule has 0 amide bonds. The maximum atomic E-state index is 4.67. The lowest BCUT2D eigenvalue weighted by Gasteiger charge is -1.90. The van der Waals surface area contributed by atoms with E-state index in [1.807, 2.05) is 0 Å². The summed E-state index contributed by atoms with van der Waals surface area (Å²) < 4.78 is 4.67. The molecule has 0 saturated heterocycles. The molecule has 0 unspecified atom stereocenters. The third kappa shape index (κ3) is 0.932. The fraction of sp³-hybridized carbons (Fsp3) is 0.200. The van der Waals surface area contributed by atoms with E-state index >= 15 is 0 Å². The lowest BCUT2D eigenvalue weighted by atomic mass is 10.7. The van der Waals surface area contributed by atoms with Crippen molar-refractivity contribution in [2.45, 2.75) is 0 Å². The summed E-state index contributed by atoms with van der Waals surface area (Å²) in [6.45, 7) is 0. The van der Waals surface area contributed by atoms with Gasteiger partial charge in [0.1, 0.15) is 0 Å². The molecule has 1 heterocycles. The van der Waals surface area contributed by atoms with Crippen LogP contribution >= 0.6 is 0 Å². The van der Waals surface area contributed by atoms with E-state index in [-0.39, 0.29) is 0 Å². The van der Waals surface area contributed by atoms with Crippen LogP contribution in [0.3, 0.4) is 0 Å². The van der Waals surface area contributed by atoms with Gasteiger partial charge in [-0.1, -0.05) is 0 Å². The summed E-state index contributed by atoms with van der Waals surface area (Å²) in [5.74, 6) is 0. The second-order valence-electron chi connectivity index (χ2n) is 1.17. The molecule has 0 aromatic carbocycles. The molecular weight excluding hydrogens is 104 g/mol. The Balaban J connectivity index is 2.83. The third-order valence-corrected chi connectivity index (χ3v) is 0.682. The highest BCUT2D eigenvalue weighted by Crippen LogP contribution is 1.92. The number of hydrogen-bond acceptors (Lipinski definition) is 3. The largest absolute Gasteiger partial charge is 0.467 e. The van der Waals surface area contributed by atoms with Crippen LogP contribution in [0.4, 0.5) is 0 Å². The normalized spacial score (nSPS) is 8.62. The fourth-order valence-electron chi connectivity index (χ4n) is 0.357. The summed E-state index contributed by atoms with van der Waals surface area (Å²) in [6, 6.07) is 3.04. The van der Waals surface area contributed by atoms with Gasteiger partial charge in [0.15, 0.2) is 0 Å². The quantitative estimate of drug-likeness (QED) is 0.519. The Morgan fingerprint density at radius 3 is 2.50 bits per heavy atom. The number of methoxy groups -OCH3 is 1. The van der Waals surface area contributed by atoms with Crippen LogP contribution in [-0.4, -0.2) is 17.1 Å². The van der Waals surface area contributed by atoms with Gasteiger partial charge < -0.3 is 4.74 Å². The highest BCUT2D eigenvalue weighted by Gasteiger charge is 1.84. The van der Waals surface area contributed by atoms with Gasteiger partial charge in [0.2, 0.25) is 0 Å². The number of nitrogens with zero attached hydrogens (tertiary/aromatic N) is 2. The molecule has 3 heteroatoms. The van der Waals surface area contributed by atoms with Gasteiger partial charge in [-0.2, -0.15) is 0 Å². The minimum atomic E-state index is 0.378. The number of rotatable bonds is 1. The Labute approximate surface area is 47.3 Å². The Bertz CT molecular complexity index is 152. The van der Waals surface area contributed by atoms with Crippen molar-refractivity contribution in [2.24, 2.45) is 0 Å². The van der Waals surface area contributed by atoms with Gasteiger partial charge in [-0.15, -0.1) is 0 Å². The summed E-state index contributed by atoms with van der Waals surface area (Å²) in [5.41, 5.74) is 0. The lowest BCUT2D eigenvalue weighted by molar-refractivity contribution is 0.379. The van der Waals surface area contributed by atoms with Crippen molar-refractivity contribution in [2.75, 3.05) is 7.11 Å². The van der Waals surface area contributed by atoms with Gasteiger partial charge in [-0.25, -0.2) is 9.97 Å². The van der Waals surface area contributed by atoms with E-state index in [2.05, 4.69) is 20.8 Å². The molecule has 0 aliphatic rings. The van der Waals surface area contributed by atoms with Crippen molar-refractivity contribution in [1.29, 1.82) is 0 Å².